The zero-order valence-corrected chi connectivity index (χ0v) is 10.9. The molecule has 1 unspecified atom stereocenters. The second kappa shape index (κ2) is 6.80. The van der Waals surface area contributed by atoms with Gasteiger partial charge < -0.3 is 15.7 Å². The van der Waals surface area contributed by atoms with E-state index >= 15 is 0 Å². The van der Waals surface area contributed by atoms with Crippen molar-refractivity contribution in [1.82, 2.24) is 20.8 Å². The highest BCUT2D eigenvalue weighted by Gasteiger charge is 2.12. The Bertz CT molecular complexity index is 604. The van der Waals surface area contributed by atoms with E-state index in [-0.39, 0.29) is 18.7 Å². The SMILES string of the molecule is O=C(NCc1ccn[nH]1)NCC(O)c1ccc(F)c(F)c1. The molecular weight excluding hydrogens is 282 g/mol. The number of benzene rings is 1. The molecule has 0 radical (unpaired) electrons. The summed E-state index contributed by atoms with van der Waals surface area (Å²) in [7, 11) is 0. The molecule has 0 aliphatic heterocycles. The van der Waals surface area contributed by atoms with Gasteiger partial charge in [-0.2, -0.15) is 5.10 Å². The number of aromatic nitrogens is 2. The lowest BCUT2D eigenvalue weighted by Gasteiger charge is -2.13. The molecule has 21 heavy (non-hydrogen) atoms. The summed E-state index contributed by atoms with van der Waals surface area (Å²) in [4.78, 5) is 11.5. The Hall–Kier alpha value is -2.48. The van der Waals surface area contributed by atoms with Crippen LogP contribution in [-0.2, 0) is 6.54 Å². The third-order valence-corrected chi connectivity index (χ3v) is 2.78. The van der Waals surface area contributed by atoms with Gasteiger partial charge in [0.05, 0.1) is 18.3 Å². The highest BCUT2D eigenvalue weighted by molar-refractivity contribution is 5.73. The third kappa shape index (κ3) is 4.25. The highest BCUT2D eigenvalue weighted by atomic mass is 19.2. The Labute approximate surface area is 119 Å². The fraction of sp³-hybridized carbons (Fsp3) is 0.231. The molecule has 0 bridgehead atoms. The minimum absolute atomic E-state index is 0.125. The third-order valence-electron chi connectivity index (χ3n) is 2.78. The number of hydrogen-bond acceptors (Lipinski definition) is 3. The van der Waals surface area contributed by atoms with Gasteiger partial charge in [-0.25, -0.2) is 13.6 Å². The van der Waals surface area contributed by atoms with Crippen LogP contribution in [-0.4, -0.2) is 27.9 Å². The van der Waals surface area contributed by atoms with Crippen LogP contribution in [0.15, 0.2) is 30.5 Å². The van der Waals surface area contributed by atoms with Crippen LogP contribution in [0, 0.1) is 11.6 Å². The van der Waals surface area contributed by atoms with Crippen molar-refractivity contribution in [2.45, 2.75) is 12.6 Å². The minimum atomic E-state index is -1.13. The van der Waals surface area contributed by atoms with Crippen molar-refractivity contribution in [2.75, 3.05) is 6.54 Å². The summed E-state index contributed by atoms with van der Waals surface area (Å²) in [6, 6.07) is 4.28. The van der Waals surface area contributed by atoms with E-state index in [1.165, 1.54) is 6.07 Å². The lowest BCUT2D eigenvalue weighted by atomic mass is 10.1. The van der Waals surface area contributed by atoms with Crippen molar-refractivity contribution in [1.29, 1.82) is 0 Å². The molecule has 2 aromatic rings. The number of H-pyrrole nitrogens is 1. The lowest BCUT2D eigenvalue weighted by molar-refractivity contribution is 0.172. The second-order valence-electron chi connectivity index (χ2n) is 4.33. The molecule has 2 amide bonds. The number of aliphatic hydroxyl groups is 1. The zero-order chi connectivity index (χ0) is 15.2. The molecule has 6 nitrogen and oxygen atoms in total. The van der Waals surface area contributed by atoms with E-state index in [1.807, 2.05) is 0 Å². The summed E-state index contributed by atoms with van der Waals surface area (Å²) < 4.78 is 25.8. The van der Waals surface area contributed by atoms with Gasteiger partial charge in [0.25, 0.3) is 0 Å². The maximum Gasteiger partial charge on any atom is 0.315 e. The van der Waals surface area contributed by atoms with Crippen molar-refractivity contribution in [3.63, 3.8) is 0 Å². The summed E-state index contributed by atoms with van der Waals surface area (Å²) in [6.45, 7) is 0.132. The molecule has 1 aromatic heterocycles. The maximum absolute atomic E-state index is 13.0. The fourth-order valence-corrected chi connectivity index (χ4v) is 1.65. The number of amides is 2. The van der Waals surface area contributed by atoms with Crippen molar-refractivity contribution in [2.24, 2.45) is 0 Å². The van der Waals surface area contributed by atoms with Crippen LogP contribution in [0.3, 0.4) is 0 Å². The molecule has 2 rings (SSSR count). The molecular formula is C13H14F2N4O2. The van der Waals surface area contributed by atoms with Crippen molar-refractivity contribution in [3.05, 3.63) is 53.4 Å². The second-order valence-corrected chi connectivity index (χ2v) is 4.33. The number of aliphatic hydroxyl groups excluding tert-OH is 1. The summed E-state index contributed by atoms with van der Waals surface area (Å²) in [5, 5.41) is 21.2. The first-order chi connectivity index (χ1) is 10.1. The van der Waals surface area contributed by atoms with Crippen LogP contribution in [0.2, 0.25) is 0 Å². The molecule has 0 saturated carbocycles. The van der Waals surface area contributed by atoms with Gasteiger partial charge in [0.15, 0.2) is 11.6 Å². The Morgan fingerprint density at radius 1 is 1.29 bits per heavy atom. The summed E-state index contributed by atoms with van der Waals surface area (Å²) >= 11 is 0. The molecule has 4 N–H and O–H groups in total. The quantitative estimate of drug-likeness (QED) is 0.669. The standard InChI is InChI=1S/C13H14F2N4O2/c14-10-2-1-8(5-11(10)15)12(20)7-17-13(21)16-6-9-3-4-18-19-9/h1-5,12,20H,6-7H2,(H,18,19)(H2,16,17,21). The monoisotopic (exact) mass is 296 g/mol. The smallest absolute Gasteiger partial charge is 0.315 e. The van der Waals surface area contributed by atoms with Gasteiger partial charge in [0.1, 0.15) is 0 Å². The van der Waals surface area contributed by atoms with E-state index in [0.717, 1.165) is 17.8 Å². The van der Waals surface area contributed by atoms with Crippen LogP contribution in [0.4, 0.5) is 13.6 Å². The molecule has 0 aliphatic carbocycles. The largest absolute Gasteiger partial charge is 0.387 e. The van der Waals surface area contributed by atoms with E-state index in [9.17, 15) is 18.7 Å². The molecule has 1 aromatic carbocycles. The maximum atomic E-state index is 13.0. The van der Waals surface area contributed by atoms with Crippen LogP contribution >= 0.6 is 0 Å². The van der Waals surface area contributed by atoms with Crippen molar-refractivity contribution >= 4 is 6.03 Å². The molecule has 0 fully saturated rings. The summed E-state index contributed by atoms with van der Waals surface area (Å²) in [5.74, 6) is -2.04. The predicted molar refractivity (Wildman–Crippen MR) is 70.1 cm³/mol. The topological polar surface area (TPSA) is 90.0 Å². The Balaban J connectivity index is 1.78. The average Bonchev–Trinajstić information content (AvgIpc) is 2.98. The number of aromatic amines is 1. The number of carbonyl (C=O) groups excluding carboxylic acids is 1. The van der Waals surface area contributed by atoms with E-state index in [1.54, 1.807) is 12.3 Å². The molecule has 0 aliphatic rings. The Morgan fingerprint density at radius 3 is 2.76 bits per heavy atom. The first-order valence-corrected chi connectivity index (χ1v) is 6.19. The fourth-order valence-electron chi connectivity index (χ4n) is 1.65. The minimum Gasteiger partial charge on any atom is -0.387 e. The molecule has 0 saturated heterocycles. The number of nitrogens with zero attached hydrogens (tertiary/aromatic N) is 1. The van der Waals surface area contributed by atoms with E-state index in [0.29, 0.717) is 0 Å². The highest BCUT2D eigenvalue weighted by Crippen LogP contribution is 2.15. The number of hydrogen-bond donors (Lipinski definition) is 4. The van der Waals surface area contributed by atoms with Crippen LogP contribution < -0.4 is 10.6 Å². The molecule has 112 valence electrons. The first-order valence-electron chi connectivity index (χ1n) is 6.19. The number of nitrogens with one attached hydrogen (secondary N) is 3. The van der Waals surface area contributed by atoms with E-state index < -0.39 is 23.8 Å². The normalized spacial score (nSPS) is 12.0. The van der Waals surface area contributed by atoms with Gasteiger partial charge in [-0.05, 0) is 23.8 Å². The van der Waals surface area contributed by atoms with Crippen LogP contribution in [0.1, 0.15) is 17.4 Å². The predicted octanol–water partition coefficient (Wildman–Crippen LogP) is 1.22. The first kappa shape index (κ1) is 14.9. The van der Waals surface area contributed by atoms with Gasteiger partial charge in [-0.15, -0.1) is 0 Å². The summed E-state index contributed by atoms with van der Waals surface area (Å²) in [6.07, 6.45) is 0.430. The molecule has 0 spiro atoms. The lowest BCUT2D eigenvalue weighted by Crippen LogP contribution is -2.37. The van der Waals surface area contributed by atoms with Crippen LogP contribution in [0.5, 0.6) is 0 Å². The van der Waals surface area contributed by atoms with Crippen LogP contribution in [0.25, 0.3) is 0 Å². The Kier molecular flexibility index (Phi) is 4.83. The molecule has 1 atom stereocenters. The van der Waals surface area contributed by atoms with Crippen molar-refractivity contribution < 1.29 is 18.7 Å². The Morgan fingerprint density at radius 2 is 2.10 bits per heavy atom. The van der Waals surface area contributed by atoms with Gasteiger partial charge in [0, 0.05) is 12.7 Å². The molecule has 1 heterocycles. The van der Waals surface area contributed by atoms with Gasteiger partial charge in [-0.3, -0.25) is 5.10 Å². The number of carbonyl (C=O) groups is 1. The average molecular weight is 296 g/mol. The van der Waals surface area contributed by atoms with Crippen molar-refractivity contribution in [3.8, 4) is 0 Å². The van der Waals surface area contributed by atoms with E-state index in [4.69, 9.17) is 0 Å². The van der Waals surface area contributed by atoms with Gasteiger partial charge in [-0.1, -0.05) is 6.07 Å². The van der Waals surface area contributed by atoms with E-state index in [2.05, 4.69) is 20.8 Å². The zero-order valence-electron chi connectivity index (χ0n) is 10.9. The number of rotatable bonds is 5. The van der Waals surface area contributed by atoms with Gasteiger partial charge >= 0.3 is 6.03 Å². The van der Waals surface area contributed by atoms with Gasteiger partial charge in [0.2, 0.25) is 0 Å². The number of urea groups is 1. The number of halogens is 2. The summed E-state index contributed by atoms with van der Waals surface area (Å²) in [5.41, 5.74) is 0.911. The molecule has 8 heteroatoms.